The molecule has 0 unspecified atom stereocenters. The van der Waals surface area contributed by atoms with Crippen LogP contribution in [0.5, 0.6) is 0 Å². The number of rotatable bonds is 2. The Morgan fingerprint density at radius 1 is 1.00 bits per heavy atom. The van der Waals surface area contributed by atoms with Crippen LogP contribution in [0.15, 0.2) is 57.6 Å². The lowest BCUT2D eigenvalue weighted by atomic mass is 10.0. The minimum atomic E-state index is 0.565. The monoisotopic (exact) mass is 300 g/mol. The van der Waals surface area contributed by atoms with Crippen LogP contribution in [0.3, 0.4) is 0 Å². The number of hydrogen-bond donors (Lipinski definition) is 0. The molecule has 3 heteroatoms. The maximum absolute atomic E-state index is 11.0. The summed E-state index contributed by atoms with van der Waals surface area (Å²) in [4.78, 5) is 11.0. The molecule has 88 valence electrons. The Balaban J connectivity index is 2.37. The Hall–Kier alpha value is -1.87. The molecular weight excluding hydrogens is 292 g/mol. The normalized spacial score (nSPS) is 10.7. The first-order chi connectivity index (χ1) is 8.81. The Morgan fingerprint density at radius 3 is 2.50 bits per heavy atom. The first kappa shape index (κ1) is 11.2. The van der Waals surface area contributed by atoms with Gasteiger partial charge in [-0.3, -0.25) is 4.79 Å². The molecule has 18 heavy (non-hydrogen) atoms. The number of furan rings is 1. The highest BCUT2D eigenvalue weighted by Gasteiger charge is 2.15. The second-order valence-corrected chi connectivity index (χ2v) is 4.68. The van der Waals surface area contributed by atoms with Crippen LogP contribution in [0, 0.1) is 0 Å². The minimum Gasteiger partial charge on any atom is -0.448 e. The summed E-state index contributed by atoms with van der Waals surface area (Å²) in [6, 6.07) is 15.5. The number of para-hydroxylation sites is 1. The van der Waals surface area contributed by atoms with E-state index in [0.29, 0.717) is 15.8 Å². The molecule has 0 atom stereocenters. The molecule has 0 spiro atoms. The summed E-state index contributed by atoms with van der Waals surface area (Å²) >= 11 is 3.43. The Bertz CT molecular complexity index is 714. The molecule has 2 aromatic carbocycles. The first-order valence-corrected chi connectivity index (χ1v) is 6.32. The van der Waals surface area contributed by atoms with Crippen molar-refractivity contribution in [2.75, 3.05) is 0 Å². The molecule has 0 aliphatic rings. The van der Waals surface area contributed by atoms with Crippen LogP contribution in [0.2, 0.25) is 0 Å². The number of fused-ring (bicyclic) bond motifs is 1. The molecule has 1 heterocycles. The lowest BCUT2D eigenvalue weighted by Crippen LogP contribution is -1.80. The highest BCUT2D eigenvalue weighted by atomic mass is 79.9. The zero-order valence-corrected chi connectivity index (χ0v) is 11.0. The van der Waals surface area contributed by atoms with Crippen molar-refractivity contribution in [2.24, 2.45) is 0 Å². The standard InChI is InChI=1S/C15H9BrO2/c16-15-13(10-5-2-1-3-6-10)12-8-4-7-11(9-17)14(12)18-15/h1-9H. The number of carbonyl (C=O) groups is 1. The average Bonchev–Trinajstić information content (AvgIpc) is 2.75. The van der Waals surface area contributed by atoms with Crippen LogP contribution in [0.4, 0.5) is 0 Å². The van der Waals surface area contributed by atoms with E-state index in [2.05, 4.69) is 15.9 Å². The van der Waals surface area contributed by atoms with E-state index in [1.54, 1.807) is 6.07 Å². The molecule has 0 bridgehead atoms. The molecule has 0 saturated carbocycles. The molecular formula is C15H9BrO2. The molecule has 0 aliphatic heterocycles. The number of aldehydes is 1. The van der Waals surface area contributed by atoms with E-state index in [1.807, 2.05) is 42.5 Å². The van der Waals surface area contributed by atoms with Crippen molar-refractivity contribution in [2.45, 2.75) is 0 Å². The van der Waals surface area contributed by atoms with Crippen molar-refractivity contribution < 1.29 is 9.21 Å². The largest absolute Gasteiger partial charge is 0.448 e. The van der Waals surface area contributed by atoms with E-state index in [4.69, 9.17) is 4.42 Å². The van der Waals surface area contributed by atoms with Crippen molar-refractivity contribution in [1.82, 2.24) is 0 Å². The van der Waals surface area contributed by atoms with Gasteiger partial charge >= 0.3 is 0 Å². The van der Waals surface area contributed by atoms with Crippen LogP contribution in [-0.4, -0.2) is 6.29 Å². The molecule has 0 amide bonds. The minimum absolute atomic E-state index is 0.565. The summed E-state index contributed by atoms with van der Waals surface area (Å²) in [5, 5.41) is 0.942. The van der Waals surface area contributed by atoms with Gasteiger partial charge in [0.1, 0.15) is 5.58 Å². The SMILES string of the molecule is O=Cc1cccc2c(-c3ccccc3)c(Br)oc12. The van der Waals surface area contributed by atoms with Gasteiger partial charge in [-0.2, -0.15) is 0 Å². The summed E-state index contributed by atoms with van der Waals surface area (Å²) in [6.45, 7) is 0. The summed E-state index contributed by atoms with van der Waals surface area (Å²) in [7, 11) is 0. The van der Waals surface area contributed by atoms with E-state index >= 15 is 0 Å². The molecule has 0 fully saturated rings. The first-order valence-electron chi connectivity index (χ1n) is 5.53. The molecule has 0 radical (unpaired) electrons. The van der Waals surface area contributed by atoms with Gasteiger partial charge in [-0.15, -0.1) is 0 Å². The molecule has 3 aromatic rings. The second kappa shape index (κ2) is 4.42. The molecule has 3 rings (SSSR count). The van der Waals surface area contributed by atoms with Crippen molar-refractivity contribution in [3.63, 3.8) is 0 Å². The van der Waals surface area contributed by atoms with Gasteiger partial charge in [-0.05, 0) is 27.6 Å². The zero-order valence-electron chi connectivity index (χ0n) is 9.39. The van der Waals surface area contributed by atoms with Gasteiger partial charge in [0.25, 0.3) is 0 Å². The lowest BCUT2D eigenvalue weighted by Gasteiger charge is -1.99. The van der Waals surface area contributed by atoms with E-state index in [9.17, 15) is 4.79 Å². The Morgan fingerprint density at radius 2 is 1.78 bits per heavy atom. The quantitative estimate of drug-likeness (QED) is 0.644. The van der Waals surface area contributed by atoms with Crippen molar-refractivity contribution in [3.05, 3.63) is 58.8 Å². The van der Waals surface area contributed by atoms with E-state index in [0.717, 1.165) is 22.8 Å². The topological polar surface area (TPSA) is 30.2 Å². The Labute approximate surface area is 112 Å². The summed E-state index contributed by atoms with van der Waals surface area (Å²) in [5.74, 6) is 0. The average molecular weight is 301 g/mol. The van der Waals surface area contributed by atoms with Crippen LogP contribution >= 0.6 is 15.9 Å². The third kappa shape index (κ3) is 1.68. The van der Waals surface area contributed by atoms with E-state index in [1.165, 1.54) is 0 Å². The fourth-order valence-corrected chi connectivity index (χ4v) is 2.68. The smallest absolute Gasteiger partial charge is 0.178 e. The van der Waals surface area contributed by atoms with Crippen LogP contribution < -0.4 is 0 Å². The van der Waals surface area contributed by atoms with E-state index in [-0.39, 0.29) is 0 Å². The molecule has 0 aliphatic carbocycles. The summed E-state index contributed by atoms with van der Waals surface area (Å²) in [6.07, 6.45) is 0.813. The van der Waals surface area contributed by atoms with Crippen LogP contribution in [0.25, 0.3) is 22.1 Å². The molecule has 0 N–H and O–H groups in total. The molecule has 2 nitrogen and oxygen atoms in total. The predicted octanol–water partition coefficient (Wildman–Crippen LogP) is 4.67. The molecule has 0 saturated heterocycles. The number of benzene rings is 2. The van der Waals surface area contributed by atoms with Gasteiger partial charge in [0.05, 0.1) is 5.56 Å². The highest BCUT2D eigenvalue weighted by molar-refractivity contribution is 9.10. The van der Waals surface area contributed by atoms with Gasteiger partial charge in [0, 0.05) is 10.9 Å². The second-order valence-electron chi connectivity index (χ2n) is 3.96. The maximum Gasteiger partial charge on any atom is 0.178 e. The third-order valence-electron chi connectivity index (χ3n) is 2.89. The maximum atomic E-state index is 11.0. The van der Waals surface area contributed by atoms with Gasteiger partial charge < -0.3 is 4.42 Å². The van der Waals surface area contributed by atoms with Crippen LogP contribution in [0.1, 0.15) is 10.4 Å². The van der Waals surface area contributed by atoms with Crippen molar-refractivity contribution >= 4 is 33.2 Å². The molecule has 1 aromatic heterocycles. The fraction of sp³-hybridized carbons (Fsp3) is 0. The van der Waals surface area contributed by atoms with Gasteiger partial charge in [-0.25, -0.2) is 0 Å². The van der Waals surface area contributed by atoms with Gasteiger partial charge in [-0.1, -0.05) is 42.5 Å². The third-order valence-corrected chi connectivity index (χ3v) is 3.45. The number of hydrogen-bond acceptors (Lipinski definition) is 2. The Kier molecular flexibility index (Phi) is 2.76. The van der Waals surface area contributed by atoms with Crippen molar-refractivity contribution in [3.8, 4) is 11.1 Å². The summed E-state index contributed by atoms with van der Waals surface area (Å²) < 4.78 is 6.31. The van der Waals surface area contributed by atoms with Crippen molar-refractivity contribution in [1.29, 1.82) is 0 Å². The zero-order chi connectivity index (χ0) is 12.5. The van der Waals surface area contributed by atoms with E-state index < -0.39 is 0 Å². The van der Waals surface area contributed by atoms with Gasteiger partial charge in [0.15, 0.2) is 11.0 Å². The van der Waals surface area contributed by atoms with Crippen LogP contribution in [-0.2, 0) is 0 Å². The predicted molar refractivity (Wildman–Crippen MR) is 74.7 cm³/mol. The highest BCUT2D eigenvalue weighted by Crippen LogP contribution is 2.38. The fourth-order valence-electron chi connectivity index (χ4n) is 2.08. The number of carbonyl (C=O) groups excluding carboxylic acids is 1. The lowest BCUT2D eigenvalue weighted by molar-refractivity contribution is 0.112. The summed E-state index contributed by atoms with van der Waals surface area (Å²) in [5.41, 5.74) is 3.23. The number of halogens is 1. The van der Waals surface area contributed by atoms with Gasteiger partial charge in [0.2, 0.25) is 0 Å².